The van der Waals surface area contributed by atoms with Gasteiger partial charge in [0.2, 0.25) is 11.8 Å². The standard InChI is InChI=1S/C22H28N2O2S2/c1-5-9-19(25)23-21-15(3)11-7-13-17(21)27-28-18-14-8-12-16(4)22(18)24-20(26)10-6-2/h7-8,11-14H,5-6,9-10H2,1-4H3,(H,23,25)(H,24,26). The fourth-order valence-electron chi connectivity index (χ4n) is 2.69. The molecular formula is C22H28N2O2S2. The van der Waals surface area contributed by atoms with Crippen molar-refractivity contribution in [3.63, 3.8) is 0 Å². The van der Waals surface area contributed by atoms with E-state index in [9.17, 15) is 9.59 Å². The summed E-state index contributed by atoms with van der Waals surface area (Å²) < 4.78 is 0. The average molecular weight is 417 g/mol. The lowest BCUT2D eigenvalue weighted by atomic mass is 10.2. The highest BCUT2D eigenvalue weighted by atomic mass is 33.1. The Morgan fingerprint density at radius 2 is 1.14 bits per heavy atom. The maximum absolute atomic E-state index is 12.1. The van der Waals surface area contributed by atoms with Gasteiger partial charge in [0, 0.05) is 22.6 Å². The van der Waals surface area contributed by atoms with Crippen LogP contribution in [0.1, 0.15) is 50.7 Å². The van der Waals surface area contributed by atoms with Gasteiger partial charge in [-0.05, 0) is 49.9 Å². The lowest BCUT2D eigenvalue weighted by Crippen LogP contribution is -2.12. The molecule has 0 aromatic heterocycles. The minimum Gasteiger partial charge on any atom is -0.325 e. The number of amides is 2. The molecule has 0 bridgehead atoms. The monoisotopic (exact) mass is 416 g/mol. The number of hydrogen-bond donors (Lipinski definition) is 2. The van der Waals surface area contributed by atoms with Gasteiger partial charge in [-0.3, -0.25) is 9.59 Å². The predicted octanol–water partition coefficient (Wildman–Crippen LogP) is 6.58. The van der Waals surface area contributed by atoms with E-state index in [0.29, 0.717) is 12.8 Å². The van der Waals surface area contributed by atoms with Gasteiger partial charge in [-0.25, -0.2) is 0 Å². The maximum Gasteiger partial charge on any atom is 0.224 e. The molecule has 150 valence electrons. The van der Waals surface area contributed by atoms with E-state index in [1.165, 1.54) is 0 Å². The van der Waals surface area contributed by atoms with Crippen LogP contribution < -0.4 is 10.6 Å². The zero-order valence-electron chi connectivity index (χ0n) is 16.9. The van der Waals surface area contributed by atoms with Gasteiger partial charge in [-0.2, -0.15) is 0 Å². The molecule has 0 unspecified atom stereocenters. The molecule has 0 aliphatic rings. The molecule has 0 aliphatic carbocycles. The van der Waals surface area contributed by atoms with E-state index in [1.807, 2.05) is 64.1 Å². The van der Waals surface area contributed by atoms with Crippen LogP contribution in [-0.4, -0.2) is 11.8 Å². The third-order valence-electron chi connectivity index (χ3n) is 4.17. The number of hydrogen-bond acceptors (Lipinski definition) is 4. The second-order valence-electron chi connectivity index (χ2n) is 6.66. The zero-order valence-corrected chi connectivity index (χ0v) is 18.6. The number of rotatable bonds is 9. The van der Waals surface area contributed by atoms with Gasteiger partial charge >= 0.3 is 0 Å². The van der Waals surface area contributed by atoms with Crippen LogP contribution in [0.3, 0.4) is 0 Å². The number of nitrogens with one attached hydrogen (secondary N) is 2. The van der Waals surface area contributed by atoms with Crippen molar-refractivity contribution in [1.82, 2.24) is 0 Å². The highest BCUT2D eigenvalue weighted by molar-refractivity contribution is 8.76. The van der Waals surface area contributed by atoms with Gasteiger partial charge in [0.1, 0.15) is 0 Å². The molecule has 0 spiro atoms. The second-order valence-corrected chi connectivity index (χ2v) is 8.87. The fraction of sp³-hybridized carbons (Fsp3) is 0.364. The van der Waals surface area contributed by atoms with E-state index in [1.54, 1.807) is 21.6 Å². The summed E-state index contributed by atoms with van der Waals surface area (Å²) in [4.78, 5) is 26.2. The number of para-hydroxylation sites is 2. The van der Waals surface area contributed by atoms with Gasteiger partial charge in [0.05, 0.1) is 11.4 Å². The van der Waals surface area contributed by atoms with Gasteiger partial charge in [-0.1, -0.05) is 59.7 Å². The highest BCUT2D eigenvalue weighted by Gasteiger charge is 2.14. The Morgan fingerprint density at radius 3 is 1.50 bits per heavy atom. The van der Waals surface area contributed by atoms with E-state index in [4.69, 9.17) is 0 Å². The van der Waals surface area contributed by atoms with Crippen molar-refractivity contribution >= 4 is 44.8 Å². The largest absolute Gasteiger partial charge is 0.325 e. The minimum absolute atomic E-state index is 0.0340. The molecule has 0 radical (unpaired) electrons. The number of carbonyl (C=O) groups is 2. The fourth-order valence-corrected chi connectivity index (χ4v) is 5.10. The lowest BCUT2D eigenvalue weighted by molar-refractivity contribution is -0.117. The molecule has 2 rings (SSSR count). The van der Waals surface area contributed by atoms with E-state index < -0.39 is 0 Å². The Kier molecular flexibility index (Phi) is 8.93. The summed E-state index contributed by atoms with van der Waals surface area (Å²) in [6.45, 7) is 7.99. The summed E-state index contributed by atoms with van der Waals surface area (Å²) in [5.74, 6) is 0.0680. The van der Waals surface area contributed by atoms with Gasteiger partial charge in [0.15, 0.2) is 0 Å². The molecule has 2 amide bonds. The summed E-state index contributed by atoms with van der Waals surface area (Å²) in [6.07, 6.45) is 2.66. The molecular weight excluding hydrogens is 388 g/mol. The molecule has 2 aromatic carbocycles. The summed E-state index contributed by atoms with van der Waals surface area (Å²) in [5.41, 5.74) is 3.80. The van der Waals surface area contributed by atoms with Gasteiger partial charge < -0.3 is 10.6 Å². The zero-order chi connectivity index (χ0) is 20.5. The Balaban J connectivity index is 2.21. The topological polar surface area (TPSA) is 58.2 Å². The maximum atomic E-state index is 12.1. The average Bonchev–Trinajstić information content (AvgIpc) is 2.65. The predicted molar refractivity (Wildman–Crippen MR) is 121 cm³/mol. The quantitative estimate of drug-likeness (QED) is 0.453. The summed E-state index contributed by atoms with van der Waals surface area (Å²) in [7, 11) is 3.18. The number of anilines is 2. The van der Waals surface area contributed by atoms with Crippen LogP contribution in [-0.2, 0) is 9.59 Å². The van der Waals surface area contributed by atoms with Crippen molar-refractivity contribution in [3.8, 4) is 0 Å². The lowest BCUT2D eigenvalue weighted by Gasteiger charge is -2.15. The summed E-state index contributed by atoms with van der Waals surface area (Å²) in [5, 5.41) is 6.10. The first-order valence-electron chi connectivity index (χ1n) is 9.59. The smallest absolute Gasteiger partial charge is 0.224 e. The molecule has 6 heteroatoms. The van der Waals surface area contributed by atoms with E-state index in [0.717, 1.165) is 45.1 Å². The van der Waals surface area contributed by atoms with Crippen molar-refractivity contribution in [2.24, 2.45) is 0 Å². The van der Waals surface area contributed by atoms with Gasteiger partial charge in [0.25, 0.3) is 0 Å². The van der Waals surface area contributed by atoms with Crippen molar-refractivity contribution in [2.75, 3.05) is 10.6 Å². The van der Waals surface area contributed by atoms with Gasteiger partial charge in [-0.15, -0.1) is 0 Å². The number of carbonyl (C=O) groups excluding carboxylic acids is 2. The first-order chi connectivity index (χ1) is 13.5. The second kappa shape index (κ2) is 11.2. The van der Waals surface area contributed by atoms with Crippen molar-refractivity contribution in [1.29, 1.82) is 0 Å². The minimum atomic E-state index is 0.0340. The summed E-state index contributed by atoms with van der Waals surface area (Å²) >= 11 is 0. The van der Waals surface area contributed by atoms with E-state index >= 15 is 0 Å². The molecule has 0 aliphatic heterocycles. The van der Waals surface area contributed by atoms with Crippen LogP contribution in [0.25, 0.3) is 0 Å². The van der Waals surface area contributed by atoms with Crippen LogP contribution >= 0.6 is 21.6 Å². The van der Waals surface area contributed by atoms with Crippen molar-refractivity contribution in [2.45, 2.75) is 63.2 Å². The Hall–Kier alpha value is -1.92. The first-order valence-corrected chi connectivity index (χ1v) is 11.7. The van der Waals surface area contributed by atoms with Crippen molar-refractivity contribution in [3.05, 3.63) is 47.5 Å². The molecule has 28 heavy (non-hydrogen) atoms. The Bertz CT molecular complexity index is 768. The molecule has 0 saturated heterocycles. The molecule has 0 fully saturated rings. The Morgan fingerprint density at radius 1 is 0.750 bits per heavy atom. The SMILES string of the molecule is CCCC(=O)Nc1c(C)cccc1SSc1cccc(C)c1NC(=O)CCC. The van der Waals surface area contributed by atoms with Crippen LogP contribution in [0.2, 0.25) is 0 Å². The first kappa shape index (κ1) is 22.4. The molecule has 2 aromatic rings. The number of benzene rings is 2. The van der Waals surface area contributed by atoms with E-state index in [2.05, 4.69) is 10.6 Å². The normalized spacial score (nSPS) is 10.6. The molecule has 0 atom stereocenters. The van der Waals surface area contributed by atoms with Crippen LogP contribution in [0, 0.1) is 13.8 Å². The Labute approximate surface area is 175 Å². The molecule has 4 nitrogen and oxygen atoms in total. The molecule has 0 heterocycles. The highest BCUT2D eigenvalue weighted by Crippen LogP contribution is 2.45. The number of aryl methyl sites for hydroxylation is 2. The van der Waals surface area contributed by atoms with Crippen LogP contribution in [0.15, 0.2) is 46.2 Å². The van der Waals surface area contributed by atoms with Crippen LogP contribution in [0.5, 0.6) is 0 Å². The van der Waals surface area contributed by atoms with E-state index in [-0.39, 0.29) is 11.8 Å². The summed E-state index contributed by atoms with van der Waals surface area (Å²) in [6, 6.07) is 12.0. The molecule has 2 N–H and O–H groups in total. The van der Waals surface area contributed by atoms with Crippen LogP contribution in [0.4, 0.5) is 11.4 Å². The third-order valence-corrected chi connectivity index (χ3v) is 6.62. The third kappa shape index (κ3) is 6.31. The molecule has 0 saturated carbocycles. The van der Waals surface area contributed by atoms with Crippen molar-refractivity contribution < 1.29 is 9.59 Å².